The first kappa shape index (κ1) is 13.3. The number of sulfonamides is 1. The van der Waals surface area contributed by atoms with E-state index in [4.69, 9.17) is 6.57 Å². The second kappa shape index (κ2) is 4.58. The van der Waals surface area contributed by atoms with Crippen LogP contribution in [0.4, 0.5) is 0 Å². The van der Waals surface area contributed by atoms with Gasteiger partial charge in [0.25, 0.3) is 0 Å². The summed E-state index contributed by atoms with van der Waals surface area (Å²) in [5.41, 5.74) is 0. The molecule has 3 nitrogen and oxygen atoms in total. The number of rotatable bonds is 0. The Morgan fingerprint density at radius 1 is 1.36 bits per heavy atom. The number of hydrogen-bond donors (Lipinski definition) is 0. The van der Waals surface area contributed by atoms with Gasteiger partial charge in [0.15, 0.2) is 0 Å². The van der Waals surface area contributed by atoms with Crippen LogP contribution >= 0.6 is 6.89 Å². The lowest BCUT2D eigenvalue weighted by atomic mass is 11.8. The smallest absolute Gasteiger partial charge is 0.206 e. The molecule has 0 bridgehead atoms. The maximum atomic E-state index is 9.65. The van der Waals surface area contributed by atoms with Gasteiger partial charge in [-0.1, -0.05) is 0 Å². The van der Waals surface area contributed by atoms with Gasteiger partial charge in [-0.25, -0.2) is 6.57 Å². The van der Waals surface area contributed by atoms with Gasteiger partial charge in [0.05, 0.1) is 0 Å². The highest BCUT2D eigenvalue weighted by Crippen LogP contribution is 2.27. The summed E-state index contributed by atoms with van der Waals surface area (Å²) in [5, 5.41) is 0. The summed E-state index contributed by atoms with van der Waals surface area (Å²) in [4.78, 5) is 0. The standard InChI is InChI=1S/C4H11P.C2H3NO2S/c1-5(2,3)4;1-3-6(2,4)5/h1H2,2-4H3;2H3. The lowest BCUT2D eigenvalue weighted by molar-refractivity contribution is 0.610. The molecule has 0 rings (SSSR count). The molecule has 5 heteroatoms. The van der Waals surface area contributed by atoms with Crippen LogP contribution in [0.5, 0.6) is 0 Å². The predicted octanol–water partition coefficient (Wildman–Crippen LogP) is 1.19. The average Bonchev–Trinajstić information content (AvgIpc) is 1.59. The zero-order valence-corrected chi connectivity index (χ0v) is 9.04. The molecule has 0 heterocycles. The molecule has 11 heavy (non-hydrogen) atoms. The van der Waals surface area contributed by atoms with Gasteiger partial charge in [0.2, 0.25) is 0 Å². The van der Waals surface area contributed by atoms with Crippen molar-refractivity contribution in [1.82, 2.24) is 0 Å². The summed E-state index contributed by atoms with van der Waals surface area (Å²) in [5.74, 6) is 0. The number of hydrogen-bond acceptors (Lipinski definition) is 2. The van der Waals surface area contributed by atoms with Crippen LogP contribution in [0.15, 0.2) is 0 Å². The van der Waals surface area contributed by atoms with E-state index in [1.165, 1.54) is 0 Å². The fraction of sp³-hybridized carbons (Fsp3) is 0.667. The normalized spacial score (nSPS) is 10.8. The molecule has 0 aliphatic heterocycles. The SMILES string of the molecule is C=P(C)(C)C.[C-]#[N+]S(C)(=O)=O. The molecule has 0 fully saturated rings. The van der Waals surface area contributed by atoms with Crippen molar-refractivity contribution in [2.24, 2.45) is 0 Å². The molecular formula is C6H14NO2PS. The Kier molecular flexibility index (Phi) is 5.56. The molecule has 0 aromatic heterocycles. The van der Waals surface area contributed by atoms with Crippen molar-refractivity contribution < 1.29 is 8.42 Å². The van der Waals surface area contributed by atoms with Gasteiger partial charge in [-0.3, -0.25) is 0 Å². The second-order valence-corrected chi connectivity index (χ2v) is 9.34. The minimum atomic E-state index is -3.37. The summed E-state index contributed by atoms with van der Waals surface area (Å²) in [6.07, 6.45) is 4.74. The topological polar surface area (TPSA) is 38.5 Å². The molecule has 0 spiro atoms. The Morgan fingerprint density at radius 3 is 1.45 bits per heavy atom. The number of nitrogens with zero attached hydrogens (tertiary/aromatic N) is 1. The van der Waals surface area contributed by atoms with E-state index in [-0.39, 0.29) is 0 Å². The summed E-state index contributed by atoms with van der Waals surface area (Å²) in [7, 11) is -3.37. The fourth-order valence-corrected chi connectivity index (χ4v) is 0. The van der Waals surface area contributed by atoms with Crippen LogP contribution in [0.1, 0.15) is 0 Å². The highest BCUT2D eigenvalue weighted by atomic mass is 32.2. The predicted molar refractivity (Wildman–Crippen MR) is 53.3 cm³/mol. The van der Waals surface area contributed by atoms with E-state index in [1.807, 2.05) is 0 Å². The monoisotopic (exact) mass is 195 g/mol. The van der Waals surface area contributed by atoms with Crippen LogP contribution < -0.4 is 0 Å². The molecular weight excluding hydrogens is 181 g/mol. The largest absolute Gasteiger partial charge is 0.433 e. The molecule has 0 saturated carbocycles. The fourth-order valence-electron chi connectivity index (χ4n) is 0. The van der Waals surface area contributed by atoms with Crippen LogP contribution in [0.2, 0.25) is 0 Å². The molecule has 0 atom stereocenters. The zero-order valence-electron chi connectivity index (χ0n) is 7.33. The second-order valence-electron chi connectivity index (χ2n) is 3.11. The van der Waals surface area contributed by atoms with E-state index in [0.717, 1.165) is 6.26 Å². The molecule has 0 aromatic carbocycles. The molecule has 0 aromatic rings. The first-order valence-electron chi connectivity index (χ1n) is 2.81. The van der Waals surface area contributed by atoms with E-state index < -0.39 is 16.9 Å². The minimum Gasteiger partial charge on any atom is -0.206 e. The third-order valence-corrected chi connectivity index (χ3v) is 0.497. The zero-order chi connectivity index (χ0) is 9.71. The average molecular weight is 195 g/mol. The summed E-state index contributed by atoms with van der Waals surface area (Å²) in [6.45, 7) is 11.8. The van der Waals surface area contributed by atoms with Crippen LogP contribution in [-0.4, -0.2) is 41.0 Å². The maximum absolute atomic E-state index is 9.65. The van der Waals surface area contributed by atoms with Crippen molar-refractivity contribution in [3.63, 3.8) is 0 Å². The van der Waals surface area contributed by atoms with E-state index in [0.29, 0.717) is 0 Å². The first-order valence-corrected chi connectivity index (χ1v) is 7.97. The van der Waals surface area contributed by atoms with Gasteiger partial charge in [-0.05, 0) is 20.0 Å². The third-order valence-electron chi connectivity index (χ3n) is 0.166. The molecule has 0 saturated heterocycles. The van der Waals surface area contributed by atoms with Crippen molar-refractivity contribution >= 4 is 23.2 Å². The third kappa shape index (κ3) is 77.7. The lowest BCUT2D eigenvalue weighted by Crippen LogP contribution is -1.81. The van der Waals surface area contributed by atoms with E-state index in [9.17, 15) is 8.42 Å². The molecule has 0 aliphatic carbocycles. The van der Waals surface area contributed by atoms with E-state index >= 15 is 0 Å². The first-order chi connectivity index (χ1) is 4.56. The van der Waals surface area contributed by atoms with Gasteiger partial charge >= 0.3 is 10.0 Å². The van der Waals surface area contributed by atoms with Crippen LogP contribution in [0, 0.1) is 6.57 Å². The minimum absolute atomic E-state index is 0.639. The lowest BCUT2D eigenvalue weighted by Gasteiger charge is -1.96. The van der Waals surface area contributed by atoms with Gasteiger partial charge in [-0.2, -0.15) is 12.7 Å². The molecule has 0 radical (unpaired) electrons. The van der Waals surface area contributed by atoms with Gasteiger partial charge in [-0.15, -0.1) is 13.2 Å². The van der Waals surface area contributed by atoms with E-state index in [2.05, 4.69) is 30.5 Å². The van der Waals surface area contributed by atoms with Crippen molar-refractivity contribution in [3.8, 4) is 0 Å². The molecule has 0 amide bonds. The summed E-state index contributed by atoms with van der Waals surface area (Å²) >= 11 is 0. The highest BCUT2D eigenvalue weighted by molar-refractivity contribution is 7.92. The summed E-state index contributed by atoms with van der Waals surface area (Å²) < 4.78 is 21.5. The Bertz CT molecular complexity index is 272. The van der Waals surface area contributed by atoms with Gasteiger partial charge < -0.3 is 0 Å². The summed E-state index contributed by atoms with van der Waals surface area (Å²) in [6, 6.07) is 0. The maximum Gasteiger partial charge on any atom is 0.433 e. The highest BCUT2D eigenvalue weighted by Gasteiger charge is 1.96. The van der Waals surface area contributed by atoms with Crippen LogP contribution in [0.25, 0.3) is 4.25 Å². The quantitative estimate of drug-likeness (QED) is 0.430. The molecule has 0 aliphatic rings. The van der Waals surface area contributed by atoms with Gasteiger partial charge in [0, 0.05) is 0 Å². The molecule has 66 valence electrons. The van der Waals surface area contributed by atoms with Crippen LogP contribution in [-0.2, 0) is 10.0 Å². The Balaban J connectivity index is 0. The van der Waals surface area contributed by atoms with Gasteiger partial charge in [0.1, 0.15) is 6.26 Å². The molecule has 0 unspecified atom stereocenters. The van der Waals surface area contributed by atoms with Crippen molar-refractivity contribution in [2.75, 3.05) is 26.3 Å². The molecule has 0 N–H and O–H groups in total. The Labute approximate surface area is 69.3 Å². The Hall–Kier alpha value is -0.260. The van der Waals surface area contributed by atoms with Crippen LogP contribution in [0.3, 0.4) is 0 Å². The van der Waals surface area contributed by atoms with E-state index in [1.54, 1.807) is 0 Å². The van der Waals surface area contributed by atoms with Crippen molar-refractivity contribution in [1.29, 1.82) is 0 Å². The van der Waals surface area contributed by atoms with Crippen molar-refractivity contribution in [3.05, 3.63) is 10.8 Å². The Morgan fingerprint density at radius 2 is 1.45 bits per heavy atom. The van der Waals surface area contributed by atoms with Crippen molar-refractivity contribution in [2.45, 2.75) is 0 Å².